The Bertz CT molecular complexity index is 298. The van der Waals surface area contributed by atoms with Gasteiger partial charge < -0.3 is 11.7 Å². The summed E-state index contributed by atoms with van der Waals surface area (Å²) in [5, 5.41) is 0. The second kappa shape index (κ2) is 3.17. The lowest BCUT2D eigenvalue weighted by Gasteiger charge is -2.13. The van der Waals surface area contributed by atoms with Gasteiger partial charge in [0.05, 0.1) is 0 Å². The summed E-state index contributed by atoms with van der Waals surface area (Å²) in [7, 11) is 0. The van der Waals surface area contributed by atoms with Crippen LogP contribution in [0.3, 0.4) is 0 Å². The summed E-state index contributed by atoms with van der Waals surface area (Å²) in [4.78, 5) is 0.926. The van der Waals surface area contributed by atoms with Crippen LogP contribution < -0.4 is 0 Å². The minimum atomic E-state index is -1.75. The van der Waals surface area contributed by atoms with Crippen LogP contribution in [-0.2, 0) is 40.2 Å². The number of benzene rings is 1. The molecule has 0 saturated carbocycles. The average molecular weight is 205 g/mol. The zero-order valence-corrected chi connectivity index (χ0v) is 8.29. The molecule has 1 aromatic rings. The van der Waals surface area contributed by atoms with Crippen molar-refractivity contribution in [1.82, 2.24) is 0 Å². The Hall–Kier alpha value is 0.360. The van der Waals surface area contributed by atoms with Crippen molar-refractivity contribution in [2.75, 3.05) is 0 Å². The second-order valence-electron chi connectivity index (χ2n) is 1.77. The molecule has 0 radical (unpaired) electrons. The van der Waals surface area contributed by atoms with Gasteiger partial charge in [0.15, 0.2) is 0 Å². The zero-order valence-electron chi connectivity index (χ0n) is 5.02. The SMILES string of the molecule is S=S(=S)([S-])c1ccccc1. The first kappa shape index (κ1) is 8.46. The molecule has 0 amide bonds. The Morgan fingerprint density at radius 1 is 1.10 bits per heavy atom. The van der Waals surface area contributed by atoms with E-state index in [0.29, 0.717) is 0 Å². The molecule has 0 N–H and O–H groups in total. The van der Waals surface area contributed by atoms with E-state index in [0.717, 1.165) is 4.90 Å². The Labute approximate surface area is 75.3 Å². The zero-order chi connectivity index (χ0) is 7.61. The molecule has 0 spiro atoms. The van der Waals surface area contributed by atoms with Crippen LogP contribution in [0.5, 0.6) is 0 Å². The van der Waals surface area contributed by atoms with Gasteiger partial charge in [-0.05, 0) is 17.0 Å². The summed E-state index contributed by atoms with van der Waals surface area (Å²) in [5.74, 6) is 0. The molecule has 54 valence electrons. The fraction of sp³-hybridized carbons (Fsp3) is 0. The molecule has 0 aliphatic carbocycles. The molecule has 0 heterocycles. The molecule has 10 heavy (non-hydrogen) atoms. The fourth-order valence-electron chi connectivity index (χ4n) is 0.587. The summed E-state index contributed by atoms with van der Waals surface area (Å²) >= 11 is 14.9. The molecule has 0 aromatic heterocycles. The van der Waals surface area contributed by atoms with Crippen molar-refractivity contribution < 1.29 is 0 Å². The third kappa shape index (κ3) is 2.20. The van der Waals surface area contributed by atoms with E-state index in [1.54, 1.807) is 0 Å². The Balaban J connectivity index is 3.22. The predicted octanol–water partition coefficient (Wildman–Crippen LogP) is 1.59. The van der Waals surface area contributed by atoms with Gasteiger partial charge in [0.25, 0.3) is 0 Å². The van der Waals surface area contributed by atoms with Crippen molar-refractivity contribution in [2.24, 2.45) is 0 Å². The molecular weight excluding hydrogens is 200 g/mol. The van der Waals surface area contributed by atoms with Crippen molar-refractivity contribution in [3.8, 4) is 0 Å². The summed E-state index contributed by atoms with van der Waals surface area (Å²) in [6, 6.07) is 9.52. The van der Waals surface area contributed by atoms with E-state index in [2.05, 4.69) is 0 Å². The van der Waals surface area contributed by atoms with E-state index in [1.165, 1.54) is 0 Å². The maximum absolute atomic E-state index is 4.96. The summed E-state index contributed by atoms with van der Waals surface area (Å²) in [6.07, 6.45) is -1.75. The highest BCUT2D eigenvalue weighted by Crippen LogP contribution is 2.08. The highest BCUT2D eigenvalue weighted by Gasteiger charge is 1.86. The molecule has 0 fully saturated rings. The van der Waals surface area contributed by atoms with Crippen molar-refractivity contribution in [2.45, 2.75) is 4.90 Å². The molecule has 0 unspecified atom stereocenters. The third-order valence-electron chi connectivity index (χ3n) is 1.03. The Kier molecular flexibility index (Phi) is 2.68. The molecule has 0 nitrogen and oxygen atoms in total. The van der Waals surface area contributed by atoms with Crippen LogP contribution in [0.15, 0.2) is 35.2 Å². The maximum Gasteiger partial charge on any atom is -0.00649 e. The predicted molar refractivity (Wildman–Crippen MR) is 54.2 cm³/mol. The van der Waals surface area contributed by atoms with Gasteiger partial charge in [0.1, 0.15) is 0 Å². The van der Waals surface area contributed by atoms with E-state index in [4.69, 9.17) is 34.0 Å². The van der Waals surface area contributed by atoms with Gasteiger partial charge in [0, 0.05) is 0 Å². The molecule has 0 bridgehead atoms. The lowest BCUT2D eigenvalue weighted by Crippen LogP contribution is -1.88. The van der Waals surface area contributed by atoms with Crippen LogP contribution in [0.25, 0.3) is 0 Å². The molecule has 1 aromatic carbocycles. The van der Waals surface area contributed by atoms with Crippen LogP contribution in [0, 0.1) is 0 Å². The third-order valence-corrected chi connectivity index (χ3v) is 3.61. The Morgan fingerprint density at radius 2 is 1.60 bits per heavy atom. The van der Waals surface area contributed by atoms with Gasteiger partial charge in [-0.2, -0.15) is 6.18 Å². The van der Waals surface area contributed by atoms with Gasteiger partial charge in [-0.1, -0.05) is 40.6 Å². The highest BCUT2D eigenvalue weighted by molar-refractivity contribution is 8.87. The number of rotatable bonds is 1. The maximum atomic E-state index is 4.96. The van der Waals surface area contributed by atoms with E-state index in [1.807, 2.05) is 30.3 Å². The first-order valence-electron chi connectivity index (χ1n) is 2.61. The standard InChI is InChI=1S/C6H6S4/c7-10(8,9)6-4-2-1-3-5-6/h1-5H,(H,7,8,9)/p-1. The average Bonchev–Trinajstić information content (AvgIpc) is 1.88. The van der Waals surface area contributed by atoms with Crippen molar-refractivity contribution in [1.29, 1.82) is 0 Å². The van der Waals surface area contributed by atoms with Gasteiger partial charge in [0.2, 0.25) is 0 Å². The Morgan fingerprint density at radius 3 is 1.90 bits per heavy atom. The van der Waals surface area contributed by atoms with Crippen molar-refractivity contribution in [3.63, 3.8) is 0 Å². The summed E-state index contributed by atoms with van der Waals surface area (Å²) in [6.45, 7) is 0. The minimum absolute atomic E-state index is 0.926. The fourth-order valence-corrected chi connectivity index (χ4v) is 2.08. The lowest BCUT2D eigenvalue weighted by atomic mass is 10.4. The summed E-state index contributed by atoms with van der Waals surface area (Å²) in [5.41, 5.74) is 0. The number of hydrogen-bond acceptors (Lipinski definition) is 3. The molecule has 0 aliphatic rings. The molecule has 0 saturated heterocycles. The smallest absolute Gasteiger partial charge is 0.00649 e. The van der Waals surface area contributed by atoms with Crippen LogP contribution >= 0.6 is 0 Å². The molecule has 0 aliphatic heterocycles. The van der Waals surface area contributed by atoms with Crippen LogP contribution in [-0.4, -0.2) is 0 Å². The first-order chi connectivity index (χ1) is 4.61. The van der Waals surface area contributed by atoms with E-state index >= 15 is 0 Å². The highest BCUT2D eigenvalue weighted by atomic mass is 33.5. The van der Waals surface area contributed by atoms with Crippen molar-refractivity contribution in [3.05, 3.63) is 30.3 Å². The quantitative estimate of drug-likeness (QED) is 0.505. The second-order valence-corrected chi connectivity index (χ2v) is 9.55. The molecular formula is C6H5S4-. The van der Waals surface area contributed by atoms with Gasteiger partial charge in [-0.3, -0.25) is 0 Å². The van der Waals surface area contributed by atoms with Gasteiger partial charge >= 0.3 is 0 Å². The largest absolute Gasteiger partial charge is 0.701 e. The number of hydrogen-bond donors (Lipinski definition) is 0. The van der Waals surface area contributed by atoms with Crippen LogP contribution in [0.1, 0.15) is 0 Å². The van der Waals surface area contributed by atoms with Crippen LogP contribution in [0.4, 0.5) is 0 Å². The van der Waals surface area contributed by atoms with E-state index in [-0.39, 0.29) is 0 Å². The van der Waals surface area contributed by atoms with Gasteiger partial charge in [-0.25, -0.2) is 0 Å². The molecule has 4 heteroatoms. The topological polar surface area (TPSA) is 0 Å². The molecule has 1 rings (SSSR count). The van der Waals surface area contributed by atoms with Crippen LogP contribution in [0.2, 0.25) is 0 Å². The normalized spacial score (nSPS) is 11.3. The summed E-state index contributed by atoms with van der Waals surface area (Å²) < 4.78 is 0. The minimum Gasteiger partial charge on any atom is -0.701 e. The van der Waals surface area contributed by atoms with E-state index < -0.39 is 6.18 Å². The lowest BCUT2D eigenvalue weighted by molar-refractivity contribution is 1.47. The molecule has 0 atom stereocenters. The first-order valence-corrected chi connectivity index (χ1v) is 7.02. The monoisotopic (exact) mass is 205 g/mol. The van der Waals surface area contributed by atoms with Crippen molar-refractivity contribution >= 4 is 40.2 Å². The van der Waals surface area contributed by atoms with E-state index in [9.17, 15) is 0 Å². The van der Waals surface area contributed by atoms with Gasteiger partial charge in [-0.15, -0.1) is 0 Å².